The van der Waals surface area contributed by atoms with E-state index in [-0.39, 0.29) is 6.04 Å². The maximum Gasteiger partial charge on any atom is 0.408 e. The molecule has 1 aliphatic rings. The lowest BCUT2D eigenvalue weighted by Gasteiger charge is -2.34. The third-order valence-corrected chi connectivity index (χ3v) is 3.57. The Morgan fingerprint density at radius 1 is 1.47 bits per heavy atom. The lowest BCUT2D eigenvalue weighted by Crippen LogP contribution is -2.40. The van der Waals surface area contributed by atoms with Gasteiger partial charge in [0.15, 0.2) is 0 Å². The van der Waals surface area contributed by atoms with Crippen LogP contribution in [0.4, 0.5) is 4.79 Å². The molecule has 0 fully saturated rings. The molecular weight excluding hydrogens is 244 g/mol. The summed E-state index contributed by atoms with van der Waals surface area (Å²) in [6.07, 6.45) is 1.35. The Kier molecular flexibility index (Phi) is 2.74. The van der Waals surface area contributed by atoms with Crippen molar-refractivity contribution in [2.45, 2.75) is 19.4 Å². The minimum absolute atomic E-state index is 0.374. The first-order valence-electron chi connectivity index (χ1n) is 6.16. The number of carbonyl (C=O) groups is 1. The van der Waals surface area contributed by atoms with Crippen molar-refractivity contribution >= 4 is 6.09 Å². The van der Waals surface area contributed by atoms with Crippen LogP contribution in [0.25, 0.3) is 0 Å². The average Bonchev–Trinajstić information content (AvgIpc) is 2.83. The van der Waals surface area contributed by atoms with Crippen LogP contribution in [0.3, 0.4) is 0 Å². The van der Waals surface area contributed by atoms with Crippen LogP contribution >= 0.6 is 0 Å². The van der Waals surface area contributed by atoms with Crippen LogP contribution in [0.15, 0.2) is 35.1 Å². The summed E-state index contributed by atoms with van der Waals surface area (Å²) in [5, 5.41) is 13.4. The minimum Gasteiger partial charge on any atom is -0.465 e. The van der Waals surface area contributed by atoms with Gasteiger partial charge in [0.05, 0.1) is 0 Å². The molecule has 1 amide bonds. The Morgan fingerprint density at radius 3 is 2.95 bits per heavy atom. The molecule has 2 heterocycles. The van der Waals surface area contributed by atoms with Gasteiger partial charge in [0.25, 0.3) is 0 Å². The molecule has 5 heteroatoms. The molecule has 0 saturated carbocycles. The van der Waals surface area contributed by atoms with E-state index in [0.717, 1.165) is 17.5 Å². The largest absolute Gasteiger partial charge is 0.465 e. The first-order chi connectivity index (χ1) is 9.18. The van der Waals surface area contributed by atoms with E-state index >= 15 is 0 Å². The molecular formula is C14H14N2O3. The van der Waals surface area contributed by atoms with Gasteiger partial charge in [-0.1, -0.05) is 29.4 Å². The Balaban J connectivity index is 2.15. The Bertz CT molecular complexity index is 621. The number of benzene rings is 1. The first-order valence-corrected chi connectivity index (χ1v) is 6.16. The highest BCUT2D eigenvalue weighted by molar-refractivity contribution is 5.67. The van der Waals surface area contributed by atoms with Gasteiger partial charge in [-0.15, -0.1) is 0 Å². The van der Waals surface area contributed by atoms with Crippen molar-refractivity contribution in [3.8, 4) is 0 Å². The summed E-state index contributed by atoms with van der Waals surface area (Å²) in [4.78, 5) is 12.9. The van der Waals surface area contributed by atoms with Gasteiger partial charge in [-0.2, -0.15) is 0 Å². The molecule has 98 valence electrons. The molecule has 1 aliphatic heterocycles. The van der Waals surface area contributed by atoms with Crippen LogP contribution in [0.2, 0.25) is 0 Å². The normalized spacial score (nSPS) is 18.2. The predicted molar refractivity (Wildman–Crippen MR) is 68.0 cm³/mol. The van der Waals surface area contributed by atoms with Gasteiger partial charge in [-0.25, -0.2) is 4.79 Å². The second-order valence-corrected chi connectivity index (χ2v) is 4.71. The number of carboxylic acid groups (broad SMARTS) is 1. The molecule has 1 aromatic carbocycles. The van der Waals surface area contributed by atoms with E-state index in [2.05, 4.69) is 5.16 Å². The van der Waals surface area contributed by atoms with Crippen molar-refractivity contribution in [1.82, 2.24) is 10.1 Å². The van der Waals surface area contributed by atoms with E-state index in [0.29, 0.717) is 12.2 Å². The fourth-order valence-corrected chi connectivity index (χ4v) is 2.63. The smallest absolute Gasteiger partial charge is 0.408 e. The zero-order chi connectivity index (χ0) is 13.4. The number of amides is 1. The van der Waals surface area contributed by atoms with Gasteiger partial charge in [-0.05, 0) is 24.5 Å². The Labute approximate surface area is 110 Å². The van der Waals surface area contributed by atoms with E-state index in [1.165, 1.54) is 10.5 Å². The fraction of sp³-hybridized carbons (Fsp3) is 0.286. The predicted octanol–water partition coefficient (Wildman–Crippen LogP) is 2.61. The quantitative estimate of drug-likeness (QED) is 0.853. The van der Waals surface area contributed by atoms with Crippen LogP contribution in [0, 0.1) is 6.92 Å². The molecule has 0 radical (unpaired) electrons. The van der Waals surface area contributed by atoms with Crippen molar-refractivity contribution in [3.63, 3.8) is 0 Å². The number of nitrogens with zero attached hydrogens (tertiary/aromatic N) is 2. The molecule has 1 unspecified atom stereocenters. The van der Waals surface area contributed by atoms with Gasteiger partial charge < -0.3 is 9.63 Å². The lowest BCUT2D eigenvalue weighted by molar-refractivity contribution is 0.127. The Hall–Kier alpha value is -2.30. The van der Waals surface area contributed by atoms with E-state index in [4.69, 9.17) is 4.52 Å². The highest BCUT2D eigenvalue weighted by Crippen LogP contribution is 2.35. The molecule has 1 atom stereocenters. The van der Waals surface area contributed by atoms with Crippen LogP contribution in [0.5, 0.6) is 0 Å². The zero-order valence-electron chi connectivity index (χ0n) is 10.5. The molecule has 0 bridgehead atoms. The topological polar surface area (TPSA) is 66.6 Å². The molecule has 0 saturated heterocycles. The Morgan fingerprint density at radius 2 is 2.26 bits per heavy atom. The van der Waals surface area contributed by atoms with E-state index in [9.17, 15) is 9.90 Å². The van der Waals surface area contributed by atoms with Crippen molar-refractivity contribution in [2.24, 2.45) is 0 Å². The molecule has 0 aliphatic carbocycles. The lowest BCUT2D eigenvalue weighted by atomic mass is 9.90. The highest BCUT2D eigenvalue weighted by atomic mass is 16.5. The average molecular weight is 258 g/mol. The molecule has 0 spiro atoms. The van der Waals surface area contributed by atoms with Crippen LogP contribution in [-0.4, -0.2) is 27.8 Å². The van der Waals surface area contributed by atoms with Crippen molar-refractivity contribution < 1.29 is 14.4 Å². The summed E-state index contributed by atoms with van der Waals surface area (Å²) in [5.74, 6) is 0. The summed E-state index contributed by atoms with van der Waals surface area (Å²) in [7, 11) is 0. The van der Waals surface area contributed by atoms with E-state index in [1.807, 2.05) is 31.2 Å². The van der Waals surface area contributed by atoms with Crippen LogP contribution in [-0.2, 0) is 6.42 Å². The number of fused-ring (bicyclic) bond motifs is 1. The number of aryl methyl sites for hydroxylation is 1. The summed E-state index contributed by atoms with van der Waals surface area (Å²) in [5.41, 5.74) is 3.71. The van der Waals surface area contributed by atoms with Gasteiger partial charge in [0.1, 0.15) is 18.0 Å². The maximum atomic E-state index is 11.4. The molecule has 19 heavy (non-hydrogen) atoms. The second-order valence-electron chi connectivity index (χ2n) is 4.71. The van der Waals surface area contributed by atoms with Crippen molar-refractivity contribution in [2.75, 3.05) is 6.54 Å². The number of aromatic nitrogens is 1. The first kappa shape index (κ1) is 11.8. The summed E-state index contributed by atoms with van der Waals surface area (Å²) in [6.45, 7) is 2.35. The van der Waals surface area contributed by atoms with Gasteiger partial charge in [-0.3, -0.25) is 4.90 Å². The van der Waals surface area contributed by atoms with E-state index < -0.39 is 6.09 Å². The molecule has 1 aromatic heterocycles. The summed E-state index contributed by atoms with van der Waals surface area (Å²) in [6, 6.07) is 7.52. The zero-order valence-corrected chi connectivity index (χ0v) is 10.5. The third-order valence-electron chi connectivity index (χ3n) is 3.57. The second kappa shape index (κ2) is 4.42. The summed E-state index contributed by atoms with van der Waals surface area (Å²) >= 11 is 0. The SMILES string of the molecule is Cc1conc1C1c2ccccc2CCN1C(=O)O. The highest BCUT2D eigenvalue weighted by Gasteiger charge is 2.34. The minimum atomic E-state index is -0.929. The van der Waals surface area contributed by atoms with Crippen molar-refractivity contribution in [3.05, 3.63) is 52.9 Å². The number of rotatable bonds is 1. The van der Waals surface area contributed by atoms with Gasteiger partial charge >= 0.3 is 6.09 Å². The van der Waals surface area contributed by atoms with Crippen LogP contribution < -0.4 is 0 Å². The molecule has 5 nitrogen and oxygen atoms in total. The third kappa shape index (κ3) is 1.87. The van der Waals surface area contributed by atoms with Gasteiger partial charge in [0.2, 0.25) is 0 Å². The fourth-order valence-electron chi connectivity index (χ4n) is 2.63. The molecule has 2 aromatic rings. The van der Waals surface area contributed by atoms with E-state index in [1.54, 1.807) is 6.26 Å². The summed E-state index contributed by atoms with van der Waals surface area (Å²) < 4.78 is 4.97. The van der Waals surface area contributed by atoms with Gasteiger partial charge in [0, 0.05) is 12.1 Å². The monoisotopic (exact) mass is 258 g/mol. The number of hydrogen-bond donors (Lipinski definition) is 1. The van der Waals surface area contributed by atoms with Crippen molar-refractivity contribution in [1.29, 1.82) is 0 Å². The standard InChI is InChI=1S/C14H14N2O3/c1-9-8-19-15-12(9)13-11-5-3-2-4-10(11)6-7-16(13)14(17)18/h2-5,8,13H,6-7H2,1H3,(H,17,18). The molecule has 3 rings (SSSR count). The van der Waals surface area contributed by atoms with Crippen LogP contribution in [0.1, 0.15) is 28.4 Å². The maximum absolute atomic E-state index is 11.4. The number of hydrogen-bond acceptors (Lipinski definition) is 3. The molecule has 1 N–H and O–H groups in total.